The van der Waals surface area contributed by atoms with Gasteiger partial charge in [-0.05, 0) is 38.1 Å². The van der Waals surface area contributed by atoms with E-state index in [9.17, 15) is 4.79 Å². The maximum Gasteiger partial charge on any atom is 0.353 e. The number of ether oxygens (including phenoxy) is 1. The molecule has 18 heavy (non-hydrogen) atoms. The van der Waals surface area contributed by atoms with E-state index in [2.05, 4.69) is 9.97 Å². The molecular formula is C13H14N2O3. The number of rotatable bonds is 4. The Morgan fingerprint density at radius 2 is 2.00 bits per heavy atom. The number of aromatic carboxylic acids is 1. The zero-order valence-electron chi connectivity index (χ0n) is 10.2. The molecule has 0 aliphatic heterocycles. The molecule has 5 heteroatoms. The van der Waals surface area contributed by atoms with Crippen molar-refractivity contribution in [1.82, 2.24) is 9.97 Å². The molecule has 94 valence electrons. The number of H-pyrrole nitrogens is 1. The van der Waals surface area contributed by atoms with Gasteiger partial charge in [0.25, 0.3) is 0 Å². The van der Waals surface area contributed by atoms with E-state index in [1.165, 1.54) is 6.20 Å². The Morgan fingerprint density at radius 3 is 2.50 bits per heavy atom. The first-order valence-corrected chi connectivity index (χ1v) is 5.61. The molecule has 0 aliphatic carbocycles. The fraction of sp³-hybridized carbons (Fsp3) is 0.231. The molecule has 0 aliphatic rings. The maximum atomic E-state index is 10.7. The lowest BCUT2D eigenvalue weighted by Crippen LogP contribution is -2.05. The minimum Gasteiger partial charge on any atom is -0.491 e. The Kier molecular flexibility index (Phi) is 3.32. The molecule has 0 amide bonds. The average Bonchev–Trinajstić information content (AvgIpc) is 2.78. The van der Waals surface area contributed by atoms with Crippen LogP contribution in [0.5, 0.6) is 5.75 Å². The van der Waals surface area contributed by atoms with Crippen LogP contribution in [0.2, 0.25) is 0 Å². The molecule has 1 aromatic heterocycles. The lowest BCUT2D eigenvalue weighted by atomic mass is 10.2. The molecule has 2 aromatic rings. The van der Waals surface area contributed by atoms with Crippen molar-refractivity contribution >= 4 is 5.97 Å². The Labute approximate surface area is 104 Å². The summed E-state index contributed by atoms with van der Waals surface area (Å²) < 4.78 is 5.52. The van der Waals surface area contributed by atoms with Crippen molar-refractivity contribution in [3.8, 4) is 17.1 Å². The van der Waals surface area contributed by atoms with Crippen LogP contribution < -0.4 is 4.74 Å². The van der Waals surface area contributed by atoms with E-state index in [0.29, 0.717) is 5.82 Å². The van der Waals surface area contributed by atoms with Crippen molar-refractivity contribution in [3.05, 3.63) is 36.2 Å². The third kappa shape index (κ3) is 2.68. The number of aromatic amines is 1. The summed E-state index contributed by atoms with van der Waals surface area (Å²) in [5.41, 5.74) is 0.895. The Morgan fingerprint density at radius 1 is 1.33 bits per heavy atom. The van der Waals surface area contributed by atoms with E-state index < -0.39 is 5.97 Å². The molecule has 0 spiro atoms. The summed E-state index contributed by atoms with van der Waals surface area (Å²) in [6.45, 7) is 3.92. The van der Waals surface area contributed by atoms with E-state index in [4.69, 9.17) is 9.84 Å². The largest absolute Gasteiger partial charge is 0.491 e. The van der Waals surface area contributed by atoms with Gasteiger partial charge >= 0.3 is 5.97 Å². The number of nitrogens with one attached hydrogen (secondary N) is 1. The molecule has 0 atom stereocenters. The second-order valence-corrected chi connectivity index (χ2v) is 4.14. The number of carbonyl (C=O) groups is 1. The van der Waals surface area contributed by atoms with Crippen LogP contribution in [-0.2, 0) is 0 Å². The fourth-order valence-corrected chi connectivity index (χ4v) is 1.54. The number of hydrogen-bond acceptors (Lipinski definition) is 3. The van der Waals surface area contributed by atoms with Gasteiger partial charge in [-0.3, -0.25) is 0 Å². The zero-order chi connectivity index (χ0) is 13.1. The standard InChI is InChI=1S/C13H14N2O3/c1-8(2)18-10-5-3-9(4-6-10)12-14-7-11(15-12)13(16)17/h3-8H,1-2H3,(H,14,15)(H,16,17). The second kappa shape index (κ2) is 4.91. The van der Waals surface area contributed by atoms with Gasteiger partial charge in [0.1, 0.15) is 17.3 Å². The van der Waals surface area contributed by atoms with Crippen LogP contribution in [-0.4, -0.2) is 27.1 Å². The highest BCUT2D eigenvalue weighted by molar-refractivity contribution is 5.85. The van der Waals surface area contributed by atoms with Crippen molar-refractivity contribution in [1.29, 1.82) is 0 Å². The highest BCUT2D eigenvalue weighted by atomic mass is 16.5. The van der Waals surface area contributed by atoms with Crippen LogP contribution in [0.15, 0.2) is 30.5 Å². The van der Waals surface area contributed by atoms with Gasteiger partial charge in [0.2, 0.25) is 0 Å². The first kappa shape index (κ1) is 12.2. The number of benzene rings is 1. The van der Waals surface area contributed by atoms with Gasteiger partial charge in [0.15, 0.2) is 0 Å². The third-order valence-corrected chi connectivity index (χ3v) is 2.31. The van der Waals surface area contributed by atoms with Crippen LogP contribution in [0.3, 0.4) is 0 Å². The monoisotopic (exact) mass is 246 g/mol. The number of carboxylic acid groups (broad SMARTS) is 1. The molecule has 2 rings (SSSR count). The summed E-state index contributed by atoms with van der Waals surface area (Å²) in [6.07, 6.45) is 1.42. The third-order valence-electron chi connectivity index (χ3n) is 2.31. The zero-order valence-corrected chi connectivity index (χ0v) is 10.2. The summed E-state index contributed by atoms with van der Waals surface area (Å²) in [6, 6.07) is 7.33. The van der Waals surface area contributed by atoms with Gasteiger partial charge in [0, 0.05) is 5.56 Å². The van der Waals surface area contributed by atoms with Crippen LogP contribution >= 0.6 is 0 Å². The van der Waals surface area contributed by atoms with Crippen molar-refractivity contribution in [2.75, 3.05) is 0 Å². The van der Waals surface area contributed by atoms with Crippen molar-refractivity contribution in [3.63, 3.8) is 0 Å². The SMILES string of the molecule is CC(C)Oc1ccc(-c2ncc(C(=O)O)[nH]2)cc1. The van der Waals surface area contributed by atoms with Crippen LogP contribution in [0.1, 0.15) is 24.3 Å². The van der Waals surface area contributed by atoms with Gasteiger partial charge in [-0.2, -0.15) is 0 Å². The molecule has 1 aromatic carbocycles. The second-order valence-electron chi connectivity index (χ2n) is 4.14. The number of hydrogen-bond donors (Lipinski definition) is 2. The molecule has 2 N–H and O–H groups in total. The summed E-state index contributed by atoms with van der Waals surface area (Å²) in [5, 5.41) is 8.80. The normalized spacial score (nSPS) is 10.6. The van der Waals surface area contributed by atoms with Gasteiger partial charge < -0.3 is 14.8 Å². The molecular weight excluding hydrogens is 232 g/mol. The number of carboxylic acids is 1. The molecule has 0 fully saturated rings. The quantitative estimate of drug-likeness (QED) is 0.869. The predicted octanol–water partition coefficient (Wildman–Crippen LogP) is 2.56. The molecule has 0 bridgehead atoms. The van der Waals surface area contributed by atoms with Gasteiger partial charge in [0.05, 0.1) is 12.3 Å². The van der Waals surface area contributed by atoms with Crippen LogP contribution in [0, 0.1) is 0 Å². The topological polar surface area (TPSA) is 75.2 Å². The molecule has 5 nitrogen and oxygen atoms in total. The van der Waals surface area contributed by atoms with Gasteiger partial charge in [-0.15, -0.1) is 0 Å². The molecule has 0 saturated carbocycles. The summed E-state index contributed by atoms with van der Waals surface area (Å²) in [5.74, 6) is 0.288. The molecule has 0 saturated heterocycles. The van der Waals surface area contributed by atoms with Crippen molar-refractivity contribution in [2.45, 2.75) is 20.0 Å². The number of aromatic nitrogens is 2. The first-order valence-electron chi connectivity index (χ1n) is 5.61. The summed E-state index contributed by atoms with van der Waals surface area (Å²) in [4.78, 5) is 17.5. The minimum absolute atomic E-state index is 0.0764. The lowest BCUT2D eigenvalue weighted by molar-refractivity contribution is 0.0691. The number of nitrogens with zero attached hydrogens (tertiary/aromatic N) is 1. The van der Waals surface area contributed by atoms with E-state index in [-0.39, 0.29) is 11.8 Å². The summed E-state index contributed by atoms with van der Waals surface area (Å²) >= 11 is 0. The molecule has 1 heterocycles. The van der Waals surface area contributed by atoms with Crippen molar-refractivity contribution < 1.29 is 14.6 Å². The van der Waals surface area contributed by atoms with E-state index in [1.54, 1.807) is 0 Å². The average molecular weight is 246 g/mol. The van der Waals surface area contributed by atoms with Crippen LogP contribution in [0.25, 0.3) is 11.4 Å². The minimum atomic E-state index is -1.02. The lowest BCUT2D eigenvalue weighted by Gasteiger charge is -2.09. The highest BCUT2D eigenvalue weighted by Gasteiger charge is 2.08. The molecule has 0 radical (unpaired) electrons. The van der Waals surface area contributed by atoms with Crippen LogP contribution in [0.4, 0.5) is 0 Å². The Hall–Kier alpha value is -2.30. The van der Waals surface area contributed by atoms with E-state index in [1.807, 2.05) is 38.1 Å². The Balaban J connectivity index is 2.20. The van der Waals surface area contributed by atoms with E-state index in [0.717, 1.165) is 11.3 Å². The Bertz CT molecular complexity index is 544. The molecule has 0 unspecified atom stereocenters. The smallest absolute Gasteiger partial charge is 0.353 e. The highest BCUT2D eigenvalue weighted by Crippen LogP contribution is 2.20. The maximum absolute atomic E-state index is 10.7. The van der Waals surface area contributed by atoms with E-state index >= 15 is 0 Å². The van der Waals surface area contributed by atoms with Gasteiger partial charge in [-0.1, -0.05) is 0 Å². The first-order chi connectivity index (χ1) is 8.56. The summed E-state index contributed by atoms with van der Waals surface area (Å²) in [7, 11) is 0. The number of imidazole rings is 1. The van der Waals surface area contributed by atoms with Crippen molar-refractivity contribution in [2.24, 2.45) is 0 Å². The van der Waals surface area contributed by atoms with Gasteiger partial charge in [-0.25, -0.2) is 9.78 Å². The predicted molar refractivity (Wildman–Crippen MR) is 66.7 cm³/mol. The fourth-order valence-electron chi connectivity index (χ4n) is 1.54.